The zero-order chi connectivity index (χ0) is 13.1. The van der Waals surface area contributed by atoms with Crippen molar-refractivity contribution in [2.75, 3.05) is 0 Å². The van der Waals surface area contributed by atoms with Gasteiger partial charge in [-0.2, -0.15) is 0 Å². The molecule has 0 radical (unpaired) electrons. The number of benzene rings is 2. The molecular formula is C13H9BrCl2O2. The average Bonchev–Trinajstić information content (AvgIpc) is 2.33. The van der Waals surface area contributed by atoms with Gasteiger partial charge in [-0.15, -0.1) is 0 Å². The van der Waals surface area contributed by atoms with Gasteiger partial charge in [-0.1, -0.05) is 45.2 Å². The van der Waals surface area contributed by atoms with Crippen molar-refractivity contribution < 1.29 is 9.84 Å². The summed E-state index contributed by atoms with van der Waals surface area (Å²) in [5.41, 5.74) is 0.658. The number of aliphatic hydroxyl groups is 1. The molecule has 0 fully saturated rings. The summed E-state index contributed by atoms with van der Waals surface area (Å²) in [6, 6.07) is 10.4. The Hall–Kier alpha value is -0.740. The van der Waals surface area contributed by atoms with E-state index in [9.17, 15) is 0 Å². The predicted octanol–water partition coefficient (Wildman–Crippen LogP) is 5.04. The first kappa shape index (κ1) is 13.7. The SMILES string of the molecule is OCc1ccc(Oc2ccc(Br)cc2Cl)cc1Cl. The number of ether oxygens (including phenoxy) is 1. The fraction of sp³-hybridized carbons (Fsp3) is 0.0769. The smallest absolute Gasteiger partial charge is 0.146 e. The topological polar surface area (TPSA) is 29.5 Å². The molecule has 2 aromatic rings. The van der Waals surface area contributed by atoms with E-state index in [0.717, 1.165) is 4.47 Å². The van der Waals surface area contributed by atoms with Crippen LogP contribution in [0.4, 0.5) is 0 Å². The van der Waals surface area contributed by atoms with Crippen LogP contribution in [0.3, 0.4) is 0 Å². The van der Waals surface area contributed by atoms with E-state index in [1.807, 2.05) is 6.07 Å². The maximum absolute atomic E-state index is 9.02. The van der Waals surface area contributed by atoms with Crippen molar-refractivity contribution in [3.63, 3.8) is 0 Å². The molecule has 2 rings (SSSR count). The molecule has 0 aliphatic carbocycles. The van der Waals surface area contributed by atoms with E-state index >= 15 is 0 Å². The van der Waals surface area contributed by atoms with Crippen LogP contribution in [0.5, 0.6) is 11.5 Å². The summed E-state index contributed by atoms with van der Waals surface area (Å²) >= 11 is 15.4. The molecule has 0 saturated carbocycles. The molecule has 0 saturated heterocycles. The molecule has 0 unspecified atom stereocenters. The zero-order valence-corrected chi connectivity index (χ0v) is 12.3. The third kappa shape index (κ3) is 3.18. The quantitative estimate of drug-likeness (QED) is 0.842. The highest BCUT2D eigenvalue weighted by molar-refractivity contribution is 9.10. The molecule has 0 aliphatic rings. The maximum atomic E-state index is 9.02. The van der Waals surface area contributed by atoms with Crippen molar-refractivity contribution >= 4 is 39.1 Å². The normalized spacial score (nSPS) is 10.4. The summed E-state index contributed by atoms with van der Waals surface area (Å²) in [5.74, 6) is 1.12. The number of rotatable bonds is 3. The van der Waals surface area contributed by atoms with Crippen LogP contribution in [0, 0.1) is 0 Å². The lowest BCUT2D eigenvalue weighted by molar-refractivity contribution is 0.282. The molecule has 0 aromatic heterocycles. The van der Waals surface area contributed by atoms with Crippen molar-refractivity contribution in [2.24, 2.45) is 0 Å². The Morgan fingerprint density at radius 2 is 1.83 bits per heavy atom. The first-order chi connectivity index (χ1) is 8.60. The monoisotopic (exact) mass is 346 g/mol. The zero-order valence-electron chi connectivity index (χ0n) is 9.16. The summed E-state index contributed by atoms with van der Waals surface area (Å²) < 4.78 is 6.51. The van der Waals surface area contributed by atoms with Crippen LogP contribution in [0.1, 0.15) is 5.56 Å². The lowest BCUT2D eigenvalue weighted by Crippen LogP contribution is -1.88. The maximum Gasteiger partial charge on any atom is 0.146 e. The summed E-state index contributed by atoms with van der Waals surface area (Å²) in [6.45, 7) is -0.0991. The molecule has 0 bridgehead atoms. The van der Waals surface area contributed by atoms with Gasteiger partial charge in [0.1, 0.15) is 11.5 Å². The van der Waals surface area contributed by atoms with Crippen molar-refractivity contribution in [3.05, 3.63) is 56.5 Å². The van der Waals surface area contributed by atoms with E-state index in [1.54, 1.807) is 30.3 Å². The van der Waals surface area contributed by atoms with E-state index in [4.69, 9.17) is 33.0 Å². The lowest BCUT2D eigenvalue weighted by Gasteiger charge is -2.09. The van der Waals surface area contributed by atoms with Crippen LogP contribution in [-0.4, -0.2) is 5.11 Å². The van der Waals surface area contributed by atoms with E-state index in [2.05, 4.69) is 15.9 Å². The lowest BCUT2D eigenvalue weighted by atomic mass is 10.2. The Kier molecular flexibility index (Phi) is 4.51. The molecular weight excluding hydrogens is 339 g/mol. The first-order valence-corrected chi connectivity index (χ1v) is 6.67. The van der Waals surface area contributed by atoms with Gasteiger partial charge in [0.05, 0.1) is 11.6 Å². The van der Waals surface area contributed by atoms with Gasteiger partial charge >= 0.3 is 0 Å². The van der Waals surface area contributed by atoms with E-state index in [1.165, 1.54) is 0 Å². The summed E-state index contributed by atoms with van der Waals surface area (Å²) in [4.78, 5) is 0. The van der Waals surface area contributed by atoms with Crippen LogP contribution in [0.2, 0.25) is 10.0 Å². The van der Waals surface area contributed by atoms with Crippen molar-refractivity contribution in [2.45, 2.75) is 6.61 Å². The number of hydrogen-bond acceptors (Lipinski definition) is 2. The molecule has 0 aliphatic heterocycles. The van der Waals surface area contributed by atoms with E-state index < -0.39 is 0 Å². The Morgan fingerprint density at radius 1 is 1.06 bits per heavy atom. The molecule has 0 spiro atoms. The third-order valence-electron chi connectivity index (χ3n) is 2.32. The second kappa shape index (κ2) is 5.93. The molecule has 0 heterocycles. The predicted molar refractivity (Wildman–Crippen MR) is 76.6 cm³/mol. The minimum absolute atomic E-state index is 0.0991. The molecule has 0 atom stereocenters. The summed E-state index contributed by atoms with van der Waals surface area (Å²) in [5, 5.41) is 9.99. The Labute approximate surface area is 123 Å². The fourth-order valence-electron chi connectivity index (χ4n) is 1.40. The summed E-state index contributed by atoms with van der Waals surface area (Å²) in [7, 11) is 0. The molecule has 2 aromatic carbocycles. The van der Waals surface area contributed by atoms with Gasteiger partial charge in [0.2, 0.25) is 0 Å². The van der Waals surface area contributed by atoms with E-state index in [-0.39, 0.29) is 6.61 Å². The molecule has 5 heteroatoms. The molecule has 94 valence electrons. The highest BCUT2D eigenvalue weighted by Gasteiger charge is 2.06. The Bertz CT molecular complexity index is 573. The fourth-order valence-corrected chi connectivity index (χ4v) is 2.35. The molecule has 1 N–H and O–H groups in total. The van der Waals surface area contributed by atoms with Crippen LogP contribution in [-0.2, 0) is 6.61 Å². The minimum Gasteiger partial charge on any atom is -0.456 e. The van der Waals surface area contributed by atoms with Crippen LogP contribution in [0.15, 0.2) is 40.9 Å². The van der Waals surface area contributed by atoms with Gasteiger partial charge in [0, 0.05) is 9.50 Å². The van der Waals surface area contributed by atoms with Crippen molar-refractivity contribution in [3.8, 4) is 11.5 Å². The molecule has 18 heavy (non-hydrogen) atoms. The van der Waals surface area contributed by atoms with Gasteiger partial charge in [-0.25, -0.2) is 0 Å². The summed E-state index contributed by atoms with van der Waals surface area (Å²) in [6.07, 6.45) is 0. The second-order valence-corrected chi connectivity index (χ2v) is 5.32. The standard InChI is InChI=1S/C13H9BrCl2O2/c14-9-2-4-13(12(16)5-9)18-10-3-1-8(7-17)11(15)6-10/h1-6,17H,7H2. The number of aliphatic hydroxyl groups excluding tert-OH is 1. The van der Waals surface area contributed by atoms with Crippen LogP contribution in [0.25, 0.3) is 0 Å². The Morgan fingerprint density at radius 3 is 2.44 bits per heavy atom. The highest BCUT2D eigenvalue weighted by atomic mass is 79.9. The number of halogens is 3. The van der Waals surface area contributed by atoms with Crippen molar-refractivity contribution in [1.29, 1.82) is 0 Å². The second-order valence-electron chi connectivity index (χ2n) is 3.59. The van der Waals surface area contributed by atoms with E-state index in [0.29, 0.717) is 27.1 Å². The van der Waals surface area contributed by atoms with Crippen LogP contribution < -0.4 is 4.74 Å². The third-order valence-corrected chi connectivity index (χ3v) is 3.46. The van der Waals surface area contributed by atoms with Gasteiger partial charge in [0.15, 0.2) is 0 Å². The van der Waals surface area contributed by atoms with Gasteiger partial charge < -0.3 is 9.84 Å². The molecule has 2 nitrogen and oxygen atoms in total. The number of hydrogen-bond donors (Lipinski definition) is 1. The average molecular weight is 348 g/mol. The minimum atomic E-state index is -0.0991. The largest absolute Gasteiger partial charge is 0.456 e. The van der Waals surface area contributed by atoms with Gasteiger partial charge in [0.25, 0.3) is 0 Å². The van der Waals surface area contributed by atoms with Crippen LogP contribution >= 0.6 is 39.1 Å². The van der Waals surface area contributed by atoms with Crippen molar-refractivity contribution in [1.82, 2.24) is 0 Å². The first-order valence-electron chi connectivity index (χ1n) is 5.12. The highest BCUT2D eigenvalue weighted by Crippen LogP contribution is 2.33. The van der Waals surface area contributed by atoms with Gasteiger partial charge in [-0.3, -0.25) is 0 Å². The van der Waals surface area contributed by atoms with Gasteiger partial charge in [-0.05, 0) is 35.9 Å². The molecule has 0 amide bonds. The Balaban J connectivity index is 2.26.